The molecule has 1 aromatic carbocycles. The van der Waals surface area contributed by atoms with Gasteiger partial charge in [-0.2, -0.15) is 5.26 Å². The third kappa shape index (κ3) is 2.99. The van der Waals surface area contributed by atoms with Gasteiger partial charge in [0, 0.05) is 17.1 Å². The summed E-state index contributed by atoms with van der Waals surface area (Å²) in [5, 5.41) is 9.43. The van der Waals surface area contributed by atoms with Crippen LogP contribution in [0.1, 0.15) is 38.2 Å². The molecule has 0 aromatic heterocycles. The molecule has 2 unspecified atom stereocenters. The zero-order valence-corrected chi connectivity index (χ0v) is 13.6. The van der Waals surface area contributed by atoms with Crippen LogP contribution in [0, 0.1) is 17.2 Å². The molecule has 2 rings (SSSR count). The van der Waals surface area contributed by atoms with Crippen LogP contribution in [0.25, 0.3) is 0 Å². The Bertz CT molecular complexity index is 495. The van der Waals surface area contributed by atoms with E-state index in [1.54, 1.807) is 0 Å². The van der Waals surface area contributed by atoms with Gasteiger partial charge in [0.25, 0.3) is 0 Å². The fourth-order valence-electron chi connectivity index (χ4n) is 3.32. The molecule has 108 valence electrons. The minimum absolute atomic E-state index is 0.458. The van der Waals surface area contributed by atoms with Crippen LogP contribution in [-0.4, -0.2) is 19.1 Å². The second kappa shape index (κ2) is 7.10. The fraction of sp³-hybridized carbons (Fsp3) is 0.562. The quantitative estimate of drug-likeness (QED) is 0.913. The highest BCUT2D eigenvalue weighted by molar-refractivity contribution is 9.10. The van der Waals surface area contributed by atoms with Gasteiger partial charge in [-0.05, 0) is 60.3 Å². The van der Waals surface area contributed by atoms with E-state index < -0.39 is 0 Å². The van der Waals surface area contributed by atoms with Gasteiger partial charge < -0.3 is 10.6 Å². The number of nitriles is 1. The average molecular weight is 336 g/mol. The summed E-state index contributed by atoms with van der Waals surface area (Å²) in [6, 6.07) is 8.77. The van der Waals surface area contributed by atoms with E-state index in [9.17, 15) is 5.26 Å². The van der Waals surface area contributed by atoms with Crippen molar-refractivity contribution in [2.24, 2.45) is 11.7 Å². The first-order valence-electron chi connectivity index (χ1n) is 7.38. The molecule has 0 aliphatic heterocycles. The molecule has 0 radical (unpaired) electrons. The van der Waals surface area contributed by atoms with E-state index in [0.717, 1.165) is 28.8 Å². The predicted molar refractivity (Wildman–Crippen MR) is 86.7 cm³/mol. The lowest BCUT2D eigenvalue weighted by molar-refractivity contribution is 0.300. The Hall–Kier alpha value is -1.05. The molecule has 0 bridgehead atoms. The zero-order chi connectivity index (χ0) is 14.5. The van der Waals surface area contributed by atoms with Crippen molar-refractivity contribution < 1.29 is 0 Å². The molecule has 1 aliphatic carbocycles. The van der Waals surface area contributed by atoms with Gasteiger partial charge in [0.1, 0.15) is 6.07 Å². The summed E-state index contributed by atoms with van der Waals surface area (Å²) < 4.78 is 0.871. The Balaban J connectivity index is 2.37. The van der Waals surface area contributed by atoms with Gasteiger partial charge in [-0.25, -0.2) is 0 Å². The molecular formula is C16H22BrN3. The average Bonchev–Trinajstić information content (AvgIpc) is 2.49. The minimum Gasteiger partial charge on any atom is -0.367 e. The second-order valence-electron chi connectivity index (χ2n) is 5.38. The van der Waals surface area contributed by atoms with Crippen LogP contribution >= 0.6 is 15.9 Å². The summed E-state index contributed by atoms with van der Waals surface area (Å²) in [7, 11) is 0. The molecule has 2 atom stereocenters. The molecule has 1 fully saturated rings. The number of benzene rings is 1. The van der Waals surface area contributed by atoms with E-state index in [4.69, 9.17) is 5.73 Å². The van der Waals surface area contributed by atoms with Crippen LogP contribution in [0.4, 0.5) is 5.69 Å². The Morgan fingerprint density at radius 2 is 2.15 bits per heavy atom. The molecular weight excluding hydrogens is 314 g/mol. The molecule has 0 amide bonds. The minimum atomic E-state index is 0.458. The lowest BCUT2D eigenvalue weighted by Crippen LogP contribution is -2.45. The maximum Gasteiger partial charge on any atom is 0.103 e. The lowest BCUT2D eigenvalue weighted by Gasteiger charge is -2.41. The Kier molecular flexibility index (Phi) is 5.45. The van der Waals surface area contributed by atoms with Crippen molar-refractivity contribution in [1.82, 2.24) is 0 Å². The van der Waals surface area contributed by atoms with Crippen molar-refractivity contribution in [2.75, 3.05) is 18.0 Å². The number of hydrogen-bond donors (Lipinski definition) is 1. The van der Waals surface area contributed by atoms with Gasteiger partial charge in [0.15, 0.2) is 0 Å². The van der Waals surface area contributed by atoms with E-state index in [1.165, 1.54) is 25.7 Å². The maximum atomic E-state index is 9.43. The monoisotopic (exact) mass is 335 g/mol. The van der Waals surface area contributed by atoms with Crippen molar-refractivity contribution >= 4 is 21.6 Å². The van der Waals surface area contributed by atoms with Crippen LogP contribution in [0.2, 0.25) is 0 Å². The maximum absolute atomic E-state index is 9.43. The van der Waals surface area contributed by atoms with Gasteiger partial charge in [-0.3, -0.25) is 0 Å². The van der Waals surface area contributed by atoms with Crippen LogP contribution in [0.5, 0.6) is 0 Å². The topological polar surface area (TPSA) is 53.0 Å². The van der Waals surface area contributed by atoms with Gasteiger partial charge in [0.05, 0.1) is 11.3 Å². The molecule has 3 nitrogen and oxygen atoms in total. The summed E-state index contributed by atoms with van der Waals surface area (Å²) in [5.41, 5.74) is 7.73. The fourth-order valence-corrected chi connectivity index (χ4v) is 3.76. The summed E-state index contributed by atoms with van der Waals surface area (Å²) in [4.78, 5) is 2.38. The first-order chi connectivity index (χ1) is 9.72. The van der Waals surface area contributed by atoms with E-state index in [0.29, 0.717) is 12.0 Å². The Morgan fingerprint density at radius 3 is 2.80 bits per heavy atom. The second-order valence-corrected chi connectivity index (χ2v) is 6.23. The van der Waals surface area contributed by atoms with E-state index in [2.05, 4.69) is 39.9 Å². The highest BCUT2D eigenvalue weighted by atomic mass is 79.9. The van der Waals surface area contributed by atoms with Crippen molar-refractivity contribution in [3.05, 3.63) is 28.2 Å². The number of anilines is 1. The summed E-state index contributed by atoms with van der Waals surface area (Å²) in [6.45, 7) is 3.80. The van der Waals surface area contributed by atoms with Gasteiger partial charge in [0.2, 0.25) is 0 Å². The lowest BCUT2D eigenvalue weighted by atomic mass is 9.83. The summed E-state index contributed by atoms with van der Waals surface area (Å²) in [6.07, 6.45) is 4.91. The SMILES string of the molecule is CCN(c1cccc(Br)c1C#N)C1CCCCC1CN. The molecule has 2 N–H and O–H groups in total. The van der Waals surface area contributed by atoms with Gasteiger partial charge in [-0.1, -0.05) is 18.9 Å². The van der Waals surface area contributed by atoms with E-state index >= 15 is 0 Å². The van der Waals surface area contributed by atoms with Crippen molar-refractivity contribution in [1.29, 1.82) is 5.26 Å². The highest BCUT2D eigenvalue weighted by Gasteiger charge is 2.30. The van der Waals surface area contributed by atoms with Crippen LogP contribution < -0.4 is 10.6 Å². The third-order valence-electron chi connectivity index (χ3n) is 4.33. The molecule has 20 heavy (non-hydrogen) atoms. The normalized spacial score (nSPS) is 22.3. The van der Waals surface area contributed by atoms with Crippen LogP contribution in [-0.2, 0) is 0 Å². The van der Waals surface area contributed by atoms with Crippen LogP contribution in [0.15, 0.2) is 22.7 Å². The molecule has 0 spiro atoms. The summed E-state index contributed by atoms with van der Waals surface area (Å²) >= 11 is 3.49. The number of nitrogens with zero attached hydrogens (tertiary/aromatic N) is 2. The number of halogens is 1. The summed E-state index contributed by atoms with van der Waals surface area (Å²) in [5.74, 6) is 0.536. The molecule has 1 saturated carbocycles. The molecule has 0 saturated heterocycles. The zero-order valence-electron chi connectivity index (χ0n) is 12.0. The van der Waals surface area contributed by atoms with Crippen molar-refractivity contribution in [3.63, 3.8) is 0 Å². The predicted octanol–water partition coefficient (Wildman–Crippen LogP) is 3.66. The number of rotatable bonds is 4. The molecule has 0 heterocycles. The Morgan fingerprint density at radius 1 is 1.40 bits per heavy atom. The van der Waals surface area contributed by atoms with E-state index in [1.807, 2.05) is 12.1 Å². The van der Waals surface area contributed by atoms with E-state index in [-0.39, 0.29) is 0 Å². The van der Waals surface area contributed by atoms with Gasteiger partial charge in [-0.15, -0.1) is 0 Å². The first-order valence-corrected chi connectivity index (χ1v) is 8.17. The highest BCUT2D eigenvalue weighted by Crippen LogP contribution is 2.34. The molecule has 4 heteroatoms. The molecule has 1 aromatic rings. The van der Waals surface area contributed by atoms with Crippen molar-refractivity contribution in [2.45, 2.75) is 38.6 Å². The number of hydrogen-bond acceptors (Lipinski definition) is 3. The Labute approximate surface area is 129 Å². The van der Waals surface area contributed by atoms with Crippen LogP contribution in [0.3, 0.4) is 0 Å². The smallest absolute Gasteiger partial charge is 0.103 e. The number of nitrogens with two attached hydrogens (primary N) is 1. The standard InChI is InChI=1S/C16H22BrN3/c1-2-20(15-8-4-3-6-12(15)10-18)16-9-5-7-14(17)13(16)11-19/h5,7,9,12,15H,2-4,6,8,10,18H2,1H3. The third-order valence-corrected chi connectivity index (χ3v) is 4.99. The molecule has 1 aliphatic rings. The van der Waals surface area contributed by atoms with Gasteiger partial charge >= 0.3 is 0 Å². The largest absolute Gasteiger partial charge is 0.367 e. The van der Waals surface area contributed by atoms with Crippen molar-refractivity contribution in [3.8, 4) is 6.07 Å². The first kappa shape index (κ1) is 15.3.